The van der Waals surface area contributed by atoms with E-state index in [0.29, 0.717) is 81.9 Å². The van der Waals surface area contributed by atoms with Gasteiger partial charge in [0.1, 0.15) is 5.52 Å². The quantitative estimate of drug-likeness (QED) is 0.135. The van der Waals surface area contributed by atoms with Gasteiger partial charge < -0.3 is 37.6 Å². The minimum absolute atomic E-state index is 0.192. The first-order chi connectivity index (χ1) is 23.5. The lowest BCUT2D eigenvalue weighted by Gasteiger charge is -2.23. The predicted octanol–water partition coefficient (Wildman–Crippen LogP) is 6.06. The molecule has 0 unspecified atom stereocenters. The molecule has 1 aliphatic rings. The van der Waals surface area contributed by atoms with Crippen molar-refractivity contribution < 1.29 is 42.8 Å². The number of benzene rings is 3. The fraction of sp³-hybridized carbons (Fsp3) is 0.297. The summed E-state index contributed by atoms with van der Waals surface area (Å²) in [4.78, 5) is 50.6. The second-order valence-corrected chi connectivity index (χ2v) is 11.6. The van der Waals surface area contributed by atoms with Crippen molar-refractivity contribution in [3.05, 3.63) is 58.4 Å². The monoisotopic (exact) mass is 668 g/mol. The molecule has 254 valence electrons. The van der Waals surface area contributed by atoms with Crippen molar-refractivity contribution in [2.24, 2.45) is 0 Å². The Morgan fingerprint density at radius 1 is 0.735 bits per heavy atom. The van der Waals surface area contributed by atoms with Crippen molar-refractivity contribution in [2.75, 3.05) is 21.3 Å². The maximum Gasteiger partial charge on any atom is 0.308 e. The molecule has 1 aliphatic heterocycles. The number of ether oxygens (including phenoxy) is 6. The lowest BCUT2D eigenvalue weighted by Crippen LogP contribution is -2.24. The van der Waals surface area contributed by atoms with Gasteiger partial charge in [-0.1, -0.05) is 13.0 Å². The molecule has 12 heteroatoms. The number of aryl methyl sites for hydroxylation is 3. The molecule has 0 saturated carbocycles. The third kappa shape index (κ3) is 5.73. The first-order valence-corrected chi connectivity index (χ1v) is 15.8. The third-order valence-electron chi connectivity index (χ3n) is 8.46. The summed E-state index contributed by atoms with van der Waals surface area (Å²) in [6.07, 6.45) is 1.21. The van der Waals surface area contributed by atoms with Crippen LogP contribution in [-0.2, 0) is 33.9 Å². The van der Waals surface area contributed by atoms with Crippen LogP contribution >= 0.6 is 0 Å². The van der Waals surface area contributed by atoms with Crippen LogP contribution in [0.2, 0.25) is 0 Å². The lowest BCUT2D eigenvalue weighted by atomic mass is 9.91. The Kier molecular flexibility index (Phi) is 8.81. The van der Waals surface area contributed by atoms with Gasteiger partial charge in [0.25, 0.3) is 5.56 Å². The van der Waals surface area contributed by atoms with E-state index in [1.54, 1.807) is 34.9 Å². The standard InChI is InChI=1S/C37H36N2O10/c1-8-12-38-26-18-32(49-21(4)42)30(46-7)17-25(26)34-33(23-9-10-27(47-19(2)40)28(15-23)44-5)35-24-16-29(45-6)31(48-20(3)41)14-22(24)11-13-39(35)36(34)37(38)43/h9-10,14-18H,8,11-13H2,1-7H3. The van der Waals surface area contributed by atoms with Crippen LogP contribution in [0.15, 0.2) is 47.3 Å². The van der Waals surface area contributed by atoms with Gasteiger partial charge in [0.05, 0.1) is 32.5 Å². The highest BCUT2D eigenvalue weighted by molar-refractivity contribution is 6.18. The van der Waals surface area contributed by atoms with E-state index in [9.17, 15) is 19.2 Å². The van der Waals surface area contributed by atoms with Crippen LogP contribution in [-0.4, -0.2) is 48.4 Å². The number of aromatic nitrogens is 2. The van der Waals surface area contributed by atoms with E-state index in [1.807, 2.05) is 23.6 Å². The van der Waals surface area contributed by atoms with Gasteiger partial charge in [-0.2, -0.15) is 0 Å². The summed E-state index contributed by atoms with van der Waals surface area (Å²) in [6.45, 7) is 6.78. The zero-order valence-corrected chi connectivity index (χ0v) is 28.3. The average Bonchev–Trinajstić information content (AvgIpc) is 3.41. The fourth-order valence-corrected chi connectivity index (χ4v) is 6.66. The van der Waals surface area contributed by atoms with E-state index >= 15 is 0 Å². The molecule has 0 aliphatic carbocycles. The van der Waals surface area contributed by atoms with Crippen LogP contribution in [0.5, 0.6) is 34.5 Å². The Bertz CT molecular complexity index is 2240. The summed E-state index contributed by atoms with van der Waals surface area (Å²) in [5.41, 5.74) is 4.62. The van der Waals surface area contributed by atoms with E-state index in [0.717, 1.165) is 16.8 Å². The first kappa shape index (κ1) is 33.1. The maximum absolute atomic E-state index is 14.7. The summed E-state index contributed by atoms with van der Waals surface area (Å²) in [5, 5.41) is 1.34. The molecule has 0 amide bonds. The number of hydrogen-bond acceptors (Lipinski definition) is 10. The Balaban J connectivity index is 1.82. The third-order valence-corrected chi connectivity index (χ3v) is 8.46. The van der Waals surface area contributed by atoms with Gasteiger partial charge in [0.15, 0.2) is 34.5 Å². The minimum atomic E-state index is -0.526. The summed E-state index contributed by atoms with van der Waals surface area (Å²) in [5.74, 6) is 0.211. The van der Waals surface area contributed by atoms with E-state index in [1.165, 1.54) is 42.1 Å². The highest BCUT2D eigenvalue weighted by Gasteiger charge is 2.31. The van der Waals surface area contributed by atoms with Crippen LogP contribution in [0.4, 0.5) is 0 Å². The van der Waals surface area contributed by atoms with Crippen molar-refractivity contribution in [1.29, 1.82) is 0 Å². The highest BCUT2D eigenvalue weighted by atomic mass is 16.6. The van der Waals surface area contributed by atoms with Crippen molar-refractivity contribution in [2.45, 2.75) is 53.6 Å². The molecule has 0 fully saturated rings. The molecule has 0 N–H and O–H groups in total. The molecule has 0 bridgehead atoms. The summed E-state index contributed by atoms with van der Waals surface area (Å²) < 4.78 is 37.2. The molecular weight excluding hydrogens is 632 g/mol. The number of carbonyl (C=O) groups excluding carboxylic acids is 3. The Morgan fingerprint density at radius 2 is 1.33 bits per heavy atom. The molecule has 0 spiro atoms. The number of hydrogen-bond donors (Lipinski definition) is 0. The number of carbonyl (C=O) groups is 3. The van der Waals surface area contributed by atoms with Gasteiger partial charge in [-0.25, -0.2) is 0 Å². The molecule has 0 atom stereocenters. The van der Waals surface area contributed by atoms with E-state index in [2.05, 4.69) is 0 Å². The molecule has 6 rings (SSSR count). The van der Waals surface area contributed by atoms with Gasteiger partial charge in [0, 0.05) is 61.8 Å². The van der Waals surface area contributed by atoms with Crippen molar-refractivity contribution >= 4 is 39.7 Å². The summed E-state index contributed by atoms with van der Waals surface area (Å²) >= 11 is 0. The van der Waals surface area contributed by atoms with Crippen LogP contribution in [0.25, 0.3) is 44.2 Å². The van der Waals surface area contributed by atoms with Gasteiger partial charge in [-0.15, -0.1) is 0 Å². The molecule has 3 heterocycles. The number of esters is 3. The predicted molar refractivity (Wildman–Crippen MR) is 182 cm³/mol. The largest absolute Gasteiger partial charge is 0.493 e. The second-order valence-electron chi connectivity index (χ2n) is 11.6. The van der Waals surface area contributed by atoms with Gasteiger partial charge >= 0.3 is 17.9 Å². The van der Waals surface area contributed by atoms with Gasteiger partial charge in [0.2, 0.25) is 0 Å². The number of fused-ring (bicyclic) bond motifs is 7. The molecule has 49 heavy (non-hydrogen) atoms. The van der Waals surface area contributed by atoms with E-state index < -0.39 is 17.9 Å². The smallest absolute Gasteiger partial charge is 0.308 e. The molecule has 0 saturated heterocycles. The zero-order valence-electron chi connectivity index (χ0n) is 28.3. The maximum atomic E-state index is 14.7. The molecular formula is C37H36N2O10. The molecule has 5 aromatic rings. The minimum Gasteiger partial charge on any atom is -0.493 e. The summed E-state index contributed by atoms with van der Waals surface area (Å²) in [6, 6.07) is 12.3. The van der Waals surface area contributed by atoms with Crippen LogP contribution < -0.4 is 34.0 Å². The van der Waals surface area contributed by atoms with Crippen molar-refractivity contribution in [1.82, 2.24) is 9.13 Å². The topological polar surface area (TPSA) is 134 Å². The molecule has 3 aromatic carbocycles. The Morgan fingerprint density at radius 3 is 1.94 bits per heavy atom. The average molecular weight is 669 g/mol. The molecule has 12 nitrogen and oxygen atoms in total. The van der Waals surface area contributed by atoms with Gasteiger partial charge in [-0.3, -0.25) is 19.2 Å². The lowest BCUT2D eigenvalue weighted by molar-refractivity contribution is -0.132. The SMILES string of the molecule is CCCn1c(=O)c2c(c(-c3ccc(OC(C)=O)c(OC)c3)c3n2CCc2cc(OC(C)=O)c(OC)cc2-3)c2cc(OC)c(OC(C)=O)cc21. The Hall–Kier alpha value is -5.78. The normalized spacial score (nSPS) is 11.9. The Labute approximate surface area is 281 Å². The number of methoxy groups -OCH3 is 3. The van der Waals surface area contributed by atoms with Crippen molar-refractivity contribution in [3.63, 3.8) is 0 Å². The molecule has 0 radical (unpaired) electrons. The number of nitrogens with zero attached hydrogens (tertiary/aromatic N) is 2. The zero-order chi connectivity index (χ0) is 35.1. The second kappa shape index (κ2) is 13.0. The van der Waals surface area contributed by atoms with Crippen LogP contribution in [0.3, 0.4) is 0 Å². The number of pyridine rings is 1. The first-order valence-electron chi connectivity index (χ1n) is 15.8. The van der Waals surface area contributed by atoms with Crippen molar-refractivity contribution in [3.8, 4) is 56.9 Å². The van der Waals surface area contributed by atoms with Crippen LogP contribution in [0, 0.1) is 0 Å². The van der Waals surface area contributed by atoms with Crippen LogP contribution in [0.1, 0.15) is 39.7 Å². The van der Waals surface area contributed by atoms with E-state index in [4.69, 9.17) is 28.4 Å². The highest BCUT2D eigenvalue weighted by Crippen LogP contribution is 2.50. The fourth-order valence-electron chi connectivity index (χ4n) is 6.66. The van der Waals surface area contributed by atoms with E-state index in [-0.39, 0.29) is 17.1 Å². The van der Waals surface area contributed by atoms with Gasteiger partial charge in [-0.05, 0) is 54.3 Å². The summed E-state index contributed by atoms with van der Waals surface area (Å²) in [7, 11) is 4.47. The molecule has 2 aromatic heterocycles. The number of rotatable bonds is 9.